The fraction of sp³-hybridized carbons (Fsp3) is 0.0667. The van der Waals surface area contributed by atoms with E-state index in [1.54, 1.807) is 37.3 Å². The molecule has 0 fully saturated rings. The van der Waals surface area contributed by atoms with Gasteiger partial charge in [0, 0.05) is 16.7 Å². The predicted molar refractivity (Wildman–Crippen MR) is 66.4 cm³/mol. The standard InChI is InChI=1S/C15H12O2/c1-11-13(10-16)8-5-9-14(11)15(17)12-6-3-2-4-7-12/h2-10H,1H3. The molecule has 2 heteroatoms. The molecule has 0 unspecified atom stereocenters. The van der Waals surface area contributed by atoms with Crippen LogP contribution in [0.1, 0.15) is 31.8 Å². The molecule has 0 heterocycles. The highest BCUT2D eigenvalue weighted by molar-refractivity contribution is 6.10. The highest BCUT2D eigenvalue weighted by Gasteiger charge is 2.12. The van der Waals surface area contributed by atoms with E-state index in [1.165, 1.54) is 0 Å². The third-order valence-corrected chi connectivity index (χ3v) is 2.78. The normalized spacial score (nSPS) is 9.94. The Bertz CT molecular complexity index is 556. The first kappa shape index (κ1) is 11.3. The van der Waals surface area contributed by atoms with Gasteiger partial charge in [-0.1, -0.05) is 48.5 Å². The lowest BCUT2D eigenvalue weighted by molar-refractivity contribution is 0.103. The second-order valence-electron chi connectivity index (χ2n) is 3.83. The summed E-state index contributed by atoms with van der Waals surface area (Å²) in [6.45, 7) is 1.79. The highest BCUT2D eigenvalue weighted by Crippen LogP contribution is 2.16. The van der Waals surface area contributed by atoms with Gasteiger partial charge in [0.2, 0.25) is 0 Å². The van der Waals surface area contributed by atoms with Gasteiger partial charge in [-0.05, 0) is 12.5 Å². The Hall–Kier alpha value is -2.22. The van der Waals surface area contributed by atoms with Gasteiger partial charge in [-0.25, -0.2) is 0 Å². The van der Waals surface area contributed by atoms with E-state index in [4.69, 9.17) is 0 Å². The maximum absolute atomic E-state index is 12.2. The lowest BCUT2D eigenvalue weighted by atomic mass is 9.96. The molecule has 84 valence electrons. The molecule has 2 aromatic rings. The molecule has 0 N–H and O–H groups in total. The molecule has 0 aliphatic carbocycles. The van der Waals surface area contributed by atoms with Crippen molar-refractivity contribution in [1.82, 2.24) is 0 Å². The van der Waals surface area contributed by atoms with Gasteiger partial charge < -0.3 is 0 Å². The summed E-state index contributed by atoms with van der Waals surface area (Å²) < 4.78 is 0. The van der Waals surface area contributed by atoms with Crippen LogP contribution in [0.5, 0.6) is 0 Å². The van der Waals surface area contributed by atoms with E-state index in [-0.39, 0.29) is 5.78 Å². The van der Waals surface area contributed by atoms with Crippen LogP contribution in [-0.4, -0.2) is 12.1 Å². The molecule has 0 saturated heterocycles. The number of carbonyl (C=O) groups excluding carboxylic acids is 2. The fourth-order valence-electron chi connectivity index (χ4n) is 1.77. The average Bonchev–Trinajstić information content (AvgIpc) is 2.39. The van der Waals surface area contributed by atoms with Crippen LogP contribution in [-0.2, 0) is 0 Å². The molecular weight excluding hydrogens is 212 g/mol. The molecule has 2 aromatic carbocycles. The first-order valence-electron chi connectivity index (χ1n) is 5.38. The SMILES string of the molecule is Cc1c(C=O)cccc1C(=O)c1ccccc1. The molecule has 2 nitrogen and oxygen atoms in total. The van der Waals surface area contributed by atoms with Crippen molar-refractivity contribution < 1.29 is 9.59 Å². The molecule has 0 atom stereocenters. The Morgan fingerprint density at radius 3 is 2.35 bits per heavy atom. The maximum atomic E-state index is 12.2. The van der Waals surface area contributed by atoms with Crippen LogP contribution in [0.2, 0.25) is 0 Å². The number of carbonyl (C=O) groups is 2. The Labute approximate surface area is 99.9 Å². The van der Waals surface area contributed by atoms with Gasteiger partial charge in [-0.15, -0.1) is 0 Å². The Balaban J connectivity index is 2.48. The summed E-state index contributed by atoms with van der Waals surface area (Å²) in [5, 5.41) is 0. The van der Waals surface area contributed by atoms with Crippen LogP contribution in [0.25, 0.3) is 0 Å². The summed E-state index contributed by atoms with van der Waals surface area (Å²) >= 11 is 0. The van der Waals surface area contributed by atoms with Gasteiger partial charge in [0.05, 0.1) is 0 Å². The van der Waals surface area contributed by atoms with E-state index in [0.717, 1.165) is 11.8 Å². The minimum atomic E-state index is -0.0493. The van der Waals surface area contributed by atoms with Gasteiger partial charge >= 0.3 is 0 Å². The van der Waals surface area contributed by atoms with Crippen LogP contribution in [0.3, 0.4) is 0 Å². The zero-order chi connectivity index (χ0) is 12.3. The molecule has 0 bridgehead atoms. The van der Waals surface area contributed by atoms with Gasteiger partial charge in [0.15, 0.2) is 5.78 Å². The number of hydrogen-bond acceptors (Lipinski definition) is 2. The first-order chi connectivity index (χ1) is 8.24. The van der Waals surface area contributed by atoms with E-state index in [0.29, 0.717) is 16.7 Å². The molecule has 0 aliphatic heterocycles. The molecule has 0 radical (unpaired) electrons. The van der Waals surface area contributed by atoms with Crippen molar-refractivity contribution in [2.45, 2.75) is 6.92 Å². The smallest absolute Gasteiger partial charge is 0.193 e. The van der Waals surface area contributed by atoms with Gasteiger partial charge in [0.25, 0.3) is 0 Å². The van der Waals surface area contributed by atoms with E-state index < -0.39 is 0 Å². The van der Waals surface area contributed by atoms with Gasteiger partial charge in [-0.3, -0.25) is 9.59 Å². The van der Waals surface area contributed by atoms with E-state index in [2.05, 4.69) is 0 Å². The van der Waals surface area contributed by atoms with Crippen LogP contribution in [0.4, 0.5) is 0 Å². The quantitative estimate of drug-likeness (QED) is 0.593. The van der Waals surface area contributed by atoms with E-state index >= 15 is 0 Å². The van der Waals surface area contributed by atoms with Crippen molar-refractivity contribution in [3.63, 3.8) is 0 Å². The minimum absolute atomic E-state index is 0.0493. The monoisotopic (exact) mass is 224 g/mol. The molecule has 0 saturated carbocycles. The largest absolute Gasteiger partial charge is 0.298 e. The molecule has 2 rings (SSSR count). The fourth-order valence-corrected chi connectivity index (χ4v) is 1.77. The average molecular weight is 224 g/mol. The van der Waals surface area contributed by atoms with Crippen LogP contribution in [0, 0.1) is 6.92 Å². The molecular formula is C15H12O2. The van der Waals surface area contributed by atoms with Crippen molar-refractivity contribution >= 4 is 12.1 Å². The van der Waals surface area contributed by atoms with Crippen molar-refractivity contribution in [1.29, 1.82) is 0 Å². The van der Waals surface area contributed by atoms with Gasteiger partial charge in [-0.2, -0.15) is 0 Å². The number of rotatable bonds is 3. The molecule has 0 spiro atoms. The number of benzene rings is 2. The predicted octanol–water partition coefficient (Wildman–Crippen LogP) is 3.04. The number of ketones is 1. The summed E-state index contributed by atoms with van der Waals surface area (Å²) in [6, 6.07) is 14.3. The lowest BCUT2D eigenvalue weighted by Gasteiger charge is -2.06. The zero-order valence-electron chi connectivity index (χ0n) is 9.51. The summed E-state index contributed by atoms with van der Waals surface area (Å²) in [6.07, 6.45) is 0.775. The van der Waals surface area contributed by atoms with Crippen molar-refractivity contribution in [2.75, 3.05) is 0 Å². The molecule has 0 aromatic heterocycles. The minimum Gasteiger partial charge on any atom is -0.298 e. The maximum Gasteiger partial charge on any atom is 0.193 e. The lowest BCUT2D eigenvalue weighted by Crippen LogP contribution is -2.05. The summed E-state index contributed by atoms with van der Waals surface area (Å²) in [7, 11) is 0. The summed E-state index contributed by atoms with van der Waals surface area (Å²) in [4.78, 5) is 23.0. The Kier molecular flexibility index (Phi) is 3.15. The molecule has 17 heavy (non-hydrogen) atoms. The highest BCUT2D eigenvalue weighted by atomic mass is 16.1. The van der Waals surface area contributed by atoms with Gasteiger partial charge in [0.1, 0.15) is 6.29 Å². The van der Waals surface area contributed by atoms with Crippen LogP contribution >= 0.6 is 0 Å². The third-order valence-electron chi connectivity index (χ3n) is 2.78. The number of hydrogen-bond donors (Lipinski definition) is 0. The van der Waals surface area contributed by atoms with Crippen molar-refractivity contribution in [3.05, 3.63) is 70.8 Å². The topological polar surface area (TPSA) is 34.1 Å². The summed E-state index contributed by atoms with van der Waals surface area (Å²) in [5.41, 5.74) is 2.52. The Morgan fingerprint density at radius 2 is 1.71 bits per heavy atom. The second kappa shape index (κ2) is 4.74. The van der Waals surface area contributed by atoms with Crippen molar-refractivity contribution in [3.8, 4) is 0 Å². The van der Waals surface area contributed by atoms with Crippen molar-refractivity contribution in [2.24, 2.45) is 0 Å². The van der Waals surface area contributed by atoms with E-state index in [1.807, 2.05) is 18.2 Å². The van der Waals surface area contributed by atoms with Crippen LogP contribution < -0.4 is 0 Å². The molecule has 0 amide bonds. The first-order valence-corrected chi connectivity index (χ1v) is 5.38. The zero-order valence-corrected chi connectivity index (χ0v) is 9.51. The third kappa shape index (κ3) is 2.16. The number of aldehydes is 1. The van der Waals surface area contributed by atoms with Crippen LogP contribution in [0.15, 0.2) is 48.5 Å². The van der Waals surface area contributed by atoms with E-state index in [9.17, 15) is 9.59 Å². The Morgan fingerprint density at radius 1 is 1.00 bits per heavy atom. The molecule has 0 aliphatic rings. The second-order valence-corrected chi connectivity index (χ2v) is 3.83. The summed E-state index contributed by atoms with van der Waals surface area (Å²) in [5.74, 6) is -0.0493.